The molecule has 2 N–H and O–H groups in total. The summed E-state index contributed by atoms with van der Waals surface area (Å²) in [6.07, 6.45) is 0.726. The summed E-state index contributed by atoms with van der Waals surface area (Å²) in [7, 11) is 1.32. The van der Waals surface area contributed by atoms with Crippen molar-refractivity contribution in [1.29, 1.82) is 0 Å². The largest absolute Gasteiger partial charge is 0.481 e. The molecule has 0 aromatic rings. The molecule has 2 saturated heterocycles. The van der Waals surface area contributed by atoms with E-state index in [1.54, 1.807) is 0 Å². The number of carbonyl (C=O) groups is 2. The lowest BCUT2D eigenvalue weighted by Crippen LogP contribution is -2.56. The number of hydrogen-bond acceptors (Lipinski definition) is 4. The minimum Gasteiger partial charge on any atom is -0.481 e. The van der Waals surface area contributed by atoms with Gasteiger partial charge in [0.25, 0.3) is 0 Å². The van der Waals surface area contributed by atoms with Crippen LogP contribution in [0.5, 0.6) is 0 Å². The zero-order valence-corrected chi connectivity index (χ0v) is 7.29. The van der Waals surface area contributed by atoms with Gasteiger partial charge in [-0.05, 0) is 12.8 Å². The third-order valence-corrected chi connectivity index (χ3v) is 3.08. The minimum atomic E-state index is -0.822. The molecule has 2 bridgehead atoms. The van der Waals surface area contributed by atoms with Gasteiger partial charge in [-0.15, -0.1) is 0 Å². The Morgan fingerprint density at radius 2 is 2.08 bits per heavy atom. The van der Waals surface area contributed by atoms with Crippen LogP contribution in [0.3, 0.4) is 0 Å². The summed E-state index contributed by atoms with van der Waals surface area (Å²) >= 11 is 0. The van der Waals surface area contributed by atoms with Crippen molar-refractivity contribution in [2.45, 2.75) is 18.4 Å². The van der Waals surface area contributed by atoms with Crippen molar-refractivity contribution in [1.82, 2.24) is 5.32 Å². The van der Waals surface area contributed by atoms with E-state index in [1.807, 2.05) is 0 Å². The predicted octanol–water partition coefficient (Wildman–Crippen LogP) is -0.634. The van der Waals surface area contributed by atoms with Crippen LogP contribution in [-0.2, 0) is 14.3 Å². The normalized spacial score (nSPS) is 41.0. The van der Waals surface area contributed by atoms with Crippen LogP contribution < -0.4 is 5.32 Å². The molecule has 0 radical (unpaired) electrons. The highest BCUT2D eigenvalue weighted by Crippen LogP contribution is 2.54. The predicted molar refractivity (Wildman–Crippen MR) is 42.1 cm³/mol. The molecule has 0 atom stereocenters. The van der Waals surface area contributed by atoms with E-state index < -0.39 is 16.9 Å². The third-order valence-electron chi connectivity index (χ3n) is 3.08. The van der Waals surface area contributed by atoms with Crippen molar-refractivity contribution in [2.24, 2.45) is 5.41 Å². The van der Waals surface area contributed by atoms with Gasteiger partial charge in [-0.3, -0.25) is 9.59 Å². The van der Waals surface area contributed by atoms with Crippen LogP contribution in [0.25, 0.3) is 0 Å². The molecule has 0 aromatic heterocycles. The topological polar surface area (TPSA) is 75.6 Å². The van der Waals surface area contributed by atoms with E-state index in [2.05, 4.69) is 10.1 Å². The van der Waals surface area contributed by atoms with Gasteiger partial charge in [-0.1, -0.05) is 0 Å². The summed E-state index contributed by atoms with van der Waals surface area (Å²) in [5.41, 5.74) is -1.42. The Hall–Kier alpha value is -1.10. The molecular weight excluding hydrogens is 174 g/mol. The van der Waals surface area contributed by atoms with Crippen molar-refractivity contribution in [2.75, 3.05) is 13.7 Å². The van der Waals surface area contributed by atoms with Gasteiger partial charge in [0.15, 0.2) is 0 Å². The lowest BCUT2D eigenvalue weighted by molar-refractivity contribution is -0.162. The Balaban J connectivity index is 2.15. The van der Waals surface area contributed by atoms with Crippen molar-refractivity contribution in [3.63, 3.8) is 0 Å². The number of carboxylic acid groups (broad SMARTS) is 1. The first-order chi connectivity index (χ1) is 6.05. The van der Waals surface area contributed by atoms with E-state index in [0.29, 0.717) is 19.4 Å². The third kappa shape index (κ3) is 0.848. The summed E-state index contributed by atoms with van der Waals surface area (Å²) in [4.78, 5) is 22.1. The maximum Gasteiger partial charge on any atom is 0.326 e. The van der Waals surface area contributed by atoms with Crippen LogP contribution in [0.2, 0.25) is 0 Å². The van der Waals surface area contributed by atoms with E-state index in [1.165, 1.54) is 7.11 Å². The van der Waals surface area contributed by atoms with Crippen LogP contribution in [0.15, 0.2) is 0 Å². The van der Waals surface area contributed by atoms with Gasteiger partial charge < -0.3 is 15.2 Å². The number of carboxylic acids is 1. The lowest BCUT2D eigenvalue weighted by atomic mass is 9.62. The molecular formula is C8H11NO4. The molecule has 5 nitrogen and oxygen atoms in total. The Bertz CT molecular complexity index is 280. The fraction of sp³-hybridized carbons (Fsp3) is 0.750. The van der Waals surface area contributed by atoms with Crippen molar-refractivity contribution in [3.05, 3.63) is 0 Å². The second-order valence-corrected chi connectivity index (χ2v) is 3.87. The number of fused-ring (bicyclic) bond motifs is 1. The summed E-state index contributed by atoms with van der Waals surface area (Å²) in [6.45, 7) is 0.372. The fourth-order valence-electron chi connectivity index (χ4n) is 2.33. The maximum atomic E-state index is 11.3. The van der Waals surface area contributed by atoms with E-state index in [0.717, 1.165) is 0 Å². The molecule has 2 heterocycles. The maximum absolute atomic E-state index is 11.3. The highest BCUT2D eigenvalue weighted by Gasteiger charge is 2.69. The Kier molecular flexibility index (Phi) is 1.46. The number of ether oxygens (including phenoxy) is 1. The van der Waals surface area contributed by atoms with Crippen LogP contribution in [0, 0.1) is 5.41 Å². The number of esters is 1. The standard InChI is InChI=1S/C8H11NO4/c1-13-6(12)8-2-7(3-8,4-9-8)5(10)11/h9H,2-4H2,1H3,(H,10,11). The molecule has 3 rings (SSSR count). The first-order valence-electron chi connectivity index (χ1n) is 4.12. The molecule has 1 aliphatic carbocycles. The summed E-state index contributed by atoms with van der Waals surface area (Å²) in [5.74, 6) is -1.17. The molecule has 0 amide bonds. The first-order valence-corrected chi connectivity index (χ1v) is 4.12. The van der Waals surface area contributed by atoms with Gasteiger partial charge in [-0.25, -0.2) is 0 Å². The molecule has 3 fully saturated rings. The molecule has 5 heteroatoms. The van der Waals surface area contributed by atoms with Crippen LogP contribution >= 0.6 is 0 Å². The van der Waals surface area contributed by atoms with Crippen LogP contribution in [0.1, 0.15) is 12.8 Å². The van der Waals surface area contributed by atoms with Crippen molar-refractivity contribution < 1.29 is 19.4 Å². The first kappa shape index (κ1) is 8.50. The van der Waals surface area contributed by atoms with E-state index in [-0.39, 0.29) is 5.97 Å². The average molecular weight is 185 g/mol. The van der Waals surface area contributed by atoms with Crippen LogP contribution in [0.4, 0.5) is 0 Å². The van der Waals surface area contributed by atoms with Crippen molar-refractivity contribution >= 4 is 11.9 Å². The summed E-state index contributed by atoms with van der Waals surface area (Å²) in [5, 5.41) is 11.8. The zero-order valence-electron chi connectivity index (χ0n) is 7.29. The number of methoxy groups -OCH3 is 1. The fourth-order valence-corrected chi connectivity index (χ4v) is 2.33. The molecule has 1 saturated carbocycles. The molecule has 0 unspecified atom stereocenters. The van der Waals surface area contributed by atoms with E-state index in [4.69, 9.17) is 5.11 Å². The van der Waals surface area contributed by atoms with E-state index in [9.17, 15) is 9.59 Å². The molecule has 13 heavy (non-hydrogen) atoms. The lowest BCUT2D eigenvalue weighted by Gasteiger charge is -2.40. The number of rotatable bonds is 2. The smallest absolute Gasteiger partial charge is 0.326 e. The monoisotopic (exact) mass is 185 g/mol. The molecule has 72 valence electrons. The van der Waals surface area contributed by atoms with Gasteiger partial charge in [-0.2, -0.15) is 0 Å². The number of aliphatic carboxylic acids is 1. The average Bonchev–Trinajstić information content (AvgIpc) is 2.57. The van der Waals surface area contributed by atoms with Gasteiger partial charge in [0.05, 0.1) is 12.5 Å². The second-order valence-electron chi connectivity index (χ2n) is 3.87. The number of hydrogen-bond donors (Lipinski definition) is 2. The Morgan fingerprint density at radius 3 is 2.46 bits per heavy atom. The number of nitrogens with one attached hydrogen (secondary N) is 1. The van der Waals surface area contributed by atoms with Crippen LogP contribution in [-0.4, -0.2) is 36.2 Å². The second kappa shape index (κ2) is 2.23. The summed E-state index contributed by atoms with van der Waals surface area (Å²) < 4.78 is 4.61. The highest BCUT2D eigenvalue weighted by molar-refractivity contribution is 5.90. The van der Waals surface area contributed by atoms with Gasteiger partial charge in [0, 0.05) is 6.54 Å². The Morgan fingerprint density at radius 1 is 1.46 bits per heavy atom. The molecule has 0 aromatic carbocycles. The zero-order chi connectivity index (χ0) is 9.69. The SMILES string of the molecule is COC(=O)C12CC(C(=O)O)(CN1)C2. The quantitative estimate of drug-likeness (QED) is 0.560. The number of carbonyl (C=O) groups excluding carboxylic acids is 1. The minimum absolute atomic E-state index is 0.345. The van der Waals surface area contributed by atoms with E-state index >= 15 is 0 Å². The molecule has 3 aliphatic rings. The molecule has 0 spiro atoms. The van der Waals surface area contributed by atoms with Gasteiger partial charge in [0.2, 0.25) is 0 Å². The van der Waals surface area contributed by atoms with Crippen molar-refractivity contribution in [3.8, 4) is 0 Å². The Labute approximate surface area is 75.1 Å². The summed E-state index contributed by atoms with van der Waals surface area (Å²) in [6, 6.07) is 0. The molecule has 2 aliphatic heterocycles. The highest BCUT2D eigenvalue weighted by atomic mass is 16.5. The van der Waals surface area contributed by atoms with Gasteiger partial charge in [0.1, 0.15) is 5.54 Å². The van der Waals surface area contributed by atoms with Gasteiger partial charge >= 0.3 is 11.9 Å².